The van der Waals surface area contributed by atoms with Crippen molar-refractivity contribution in [3.8, 4) is 0 Å². The zero-order valence-electron chi connectivity index (χ0n) is 18.6. The number of hydrogen-bond donors (Lipinski definition) is 1. The molecule has 0 unspecified atom stereocenters. The molecule has 1 aromatic heterocycles. The summed E-state index contributed by atoms with van der Waals surface area (Å²) in [7, 11) is 0. The maximum atomic E-state index is 13.6. The summed E-state index contributed by atoms with van der Waals surface area (Å²) in [5.74, 6) is 0.500. The van der Waals surface area contributed by atoms with E-state index < -0.39 is 0 Å². The van der Waals surface area contributed by atoms with Crippen molar-refractivity contribution in [1.82, 2.24) is 19.9 Å². The van der Waals surface area contributed by atoms with Crippen LogP contribution in [0.3, 0.4) is 0 Å². The molecule has 0 atom stereocenters. The van der Waals surface area contributed by atoms with Crippen LogP contribution in [0.25, 0.3) is 11.0 Å². The number of anilines is 1. The first-order valence-electron chi connectivity index (χ1n) is 12.2. The number of benzene rings is 1. The Bertz CT molecular complexity index is 983. The van der Waals surface area contributed by atoms with Crippen LogP contribution in [0.1, 0.15) is 70.3 Å². The Morgan fingerprint density at radius 3 is 2.32 bits per heavy atom. The Hall–Kier alpha value is -2.34. The normalized spacial score (nSPS) is 22.5. The number of hydrazine groups is 1. The molecule has 0 radical (unpaired) electrons. The van der Waals surface area contributed by atoms with Crippen molar-refractivity contribution in [3.63, 3.8) is 0 Å². The van der Waals surface area contributed by atoms with Gasteiger partial charge in [0.2, 0.25) is 5.82 Å². The van der Waals surface area contributed by atoms with E-state index in [-0.39, 0.29) is 11.6 Å². The highest BCUT2D eigenvalue weighted by Crippen LogP contribution is 2.30. The summed E-state index contributed by atoms with van der Waals surface area (Å²) in [6.45, 7) is 6.92. The molecule has 6 heteroatoms. The van der Waals surface area contributed by atoms with Crippen LogP contribution >= 0.6 is 0 Å². The highest BCUT2D eigenvalue weighted by atomic mass is 16.1. The Kier molecular flexibility index (Phi) is 5.99. The molecule has 1 saturated carbocycles. The summed E-state index contributed by atoms with van der Waals surface area (Å²) in [6.07, 6.45) is 12.5. The lowest BCUT2D eigenvalue weighted by atomic mass is 9.93. The van der Waals surface area contributed by atoms with Crippen molar-refractivity contribution in [2.45, 2.75) is 76.3 Å². The molecule has 3 fully saturated rings. The average molecular weight is 422 g/mol. The van der Waals surface area contributed by atoms with Gasteiger partial charge < -0.3 is 14.9 Å². The van der Waals surface area contributed by atoms with E-state index in [1.54, 1.807) is 0 Å². The molecule has 0 amide bonds. The molecule has 2 aliphatic heterocycles. The van der Waals surface area contributed by atoms with Crippen LogP contribution in [0.4, 0.5) is 5.82 Å². The number of para-hydroxylation sites is 2. The van der Waals surface area contributed by atoms with Gasteiger partial charge in [-0.3, -0.25) is 9.80 Å². The fourth-order valence-corrected chi connectivity index (χ4v) is 5.70. The third-order valence-electron chi connectivity index (χ3n) is 7.42. The van der Waals surface area contributed by atoms with Gasteiger partial charge in [-0.15, -0.1) is 0 Å². The monoisotopic (exact) mass is 421 g/mol. The summed E-state index contributed by atoms with van der Waals surface area (Å²) < 4.78 is 2.04. The Labute approximate surface area is 184 Å². The number of fused-ring (bicyclic) bond motifs is 1. The molecular weight excluding hydrogens is 386 g/mol. The summed E-state index contributed by atoms with van der Waals surface area (Å²) in [5, 5.41) is 1.87. The first kappa shape index (κ1) is 20.6. The molecule has 2 saturated heterocycles. The smallest absolute Gasteiger partial charge is 0.296 e. The molecule has 3 aliphatic rings. The highest BCUT2D eigenvalue weighted by Gasteiger charge is 2.29. The molecule has 6 nitrogen and oxygen atoms in total. The highest BCUT2D eigenvalue weighted by molar-refractivity contribution is 5.76. The average Bonchev–Trinajstić information content (AvgIpc) is 3.19. The molecule has 166 valence electrons. The molecule has 5 rings (SSSR count). The fraction of sp³-hybridized carbons (Fsp3) is 0.600. The number of piperidine rings is 1. The zero-order valence-corrected chi connectivity index (χ0v) is 18.6. The first-order chi connectivity index (χ1) is 15.2. The summed E-state index contributed by atoms with van der Waals surface area (Å²) >= 11 is 0. The number of likely N-dealkylation sites (tertiary alicyclic amines) is 1. The van der Waals surface area contributed by atoms with E-state index in [1.807, 2.05) is 33.8 Å². The van der Waals surface area contributed by atoms with E-state index in [9.17, 15) is 4.79 Å². The predicted octanol–water partition coefficient (Wildman–Crippen LogP) is 4.37. The topological polar surface area (TPSA) is 53.4 Å². The van der Waals surface area contributed by atoms with Gasteiger partial charge in [0.1, 0.15) is 0 Å². The molecule has 0 spiro atoms. The van der Waals surface area contributed by atoms with Gasteiger partial charge >= 0.3 is 0 Å². The van der Waals surface area contributed by atoms with Crippen molar-refractivity contribution in [1.29, 1.82) is 0 Å². The van der Waals surface area contributed by atoms with Gasteiger partial charge in [-0.2, -0.15) is 0 Å². The van der Waals surface area contributed by atoms with E-state index in [1.165, 1.54) is 44.9 Å². The van der Waals surface area contributed by atoms with E-state index >= 15 is 0 Å². The van der Waals surface area contributed by atoms with Crippen LogP contribution in [-0.2, 0) is 0 Å². The number of nitrogens with one attached hydrogen (secondary N) is 1. The van der Waals surface area contributed by atoms with Crippen LogP contribution in [0.2, 0.25) is 0 Å². The minimum absolute atomic E-state index is 0.0188. The molecular formula is C25H35N5O. The van der Waals surface area contributed by atoms with Crippen LogP contribution in [0.5, 0.6) is 0 Å². The summed E-state index contributed by atoms with van der Waals surface area (Å²) in [6, 6.07) is 9.05. The van der Waals surface area contributed by atoms with Gasteiger partial charge in [0.15, 0.2) is 0 Å². The standard InChI is InChI=1S/C25H35N5O/c1-19-13-18-29(27-19)24-25(31)30(23-12-8-7-11-22(23)26-24)21-14-16-28(17-15-21)20-9-5-3-2-4-6-10-20/h7-8,11-12,20-21,27H,1-6,9-10,13-18H2. The second-order valence-corrected chi connectivity index (χ2v) is 9.48. The van der Waals surface area contributed by atoms with Gasteiger partial charge in [0.05, 0.1) is 11.0 Å². The predicted molar refractivity (Wildman–Crippen MR) is 126 cm³/mol. The maximum absolute atomic E-state index is 13.6. The first-order valence-corrected chi connectivity index (χ1v) is 12.2. The molecule has 2 aromatic rings. The molecule has 0 bridgehead atoms. The van der Waals surface area contributed by atoms with Gasteiger partial charge in [-0.1, -0.05) is 50.8 Å². The fourth-order valence-electron chi connectivity index (χ4n) is 5.70. The van der Waals surface area contributed by atoms with Gasteiger partial charge in [-0.05, 0) is 37.8 Å². The molecule has 1 aliphatic carbocycles. The Balaban J connectivity index is 1.40. The molecule has 1 N–H and O–H groups in total. The lowest BCUT2D eigenvalue weighted by Crippen LogP contribution is -2.44. The van der Waals surface area contributed by atoms with Gasteiger partial charge in [0.25, 0.3) is 5.56 Å². The second kappa shape index (κ2) is 9.03. The van der Waals surface area contributed by atoms with Crippen molar-refractivity contribution in [3.05, 3.63) is 46.9 Å². The van der Waals surface area contributed by atoms with E-state index in [0.29, 0.717) is 5.82 Å². The lowest BCUT2D eigenvalue weighted by Gasteiger charge is -2.39. The third-order valence-corrected chi connectivity index (χ3v) is 7.42. The lowest BCUT2D eigenvalue weighted by molar-refractivity contribution is 0.116. The van der Waals surface area contributed by atoms with Gasteiger partial charge in [-0.25, -0.2) is 4.98 Å². The number of rotatable bonds is 3. The van der Waals surface area contributed by atoms with Gasteiger partial charge in [0, 0.05) is 43.8 Å². The van der Waals surface area contributed by atoms with Crippen LogP contribution in [0, 0.1) is 0 Å². The quantitative estimate of drug-likeness (QED) is 0.797. The van der Waals surface area contributed by atoms with Crippen molar-refractivity contribution in [2.75, 3.05) is 24.6 Å². The summed E-state index contributed by atoms with van der Waals surface area (Å²) in [4.78, 5) is 21.1. The third kappa shape index (κ3) is 4.22. The van der Waals surface area contributed by atoms with E-state index in [4.69, 9.17) is 4.98 Å². The Morgan fingerprint density at radius 1 is 0.903 bits per heavy atom. The van der Waals surface area contributed by atoms with Crippen molar-refractivity contribution in [2.24, 2.45) is 0 Å². The van der Waals surface area contributed by atoms with Crippen LogP contribution in [-0.4, -0.2) is 40.1 Å². The van der Waals surface area contributed by atoms with Crippen molar-refractivity contribution >= 4 is 16.9 Å². The minimum atomic E-state index is 0.0188. The Morgan fingerprint density at radius 2 is 1.61 bits per heavy atom. The van der Waals surface area contributed by atoms with E-state index in [0.717, 1.165) is 61.7 Å². The molecule has 3 heterocycles. The largest absolute Gasteiger partial charge is 0.302 e. The minimum Gasteiger partial charge on any atom is -0.302 e. The van der Waals surface area contributed by atoms with Crippen LogP contribution < -0.4 is 16.0 Å². The summed E-state index contributed by atoms with van der Waals surface area (Å²) in [5.41, 5.74) is 6.02. The molecule has 1 aromatic carbocycles. The maximum Gasteiger partial charge on any atom is 0.296 e. The molecule has 31 heavy (non-hydrogen) atoms. The number of aromatic nitrogens is 2. The van der Waals surface area contributed by atoms with Crippen LogP contribution in [0.15, 0.2) is 41.3 Å². The second-order valence-electron chi connectivity index (χ2n) is 9.48. The SMILES string of the molecule is C=C1CCN(c2nc3ccccc3n(C3CCN(C4CCCCCCC4)CC3)c2=O)N1. The van der Waals surface area contributed by atoms with Crippen molar-refractivity contribution < 1.29 is 0 Å². The number of nitrogens with zero attached hydrogens (tertiary/aromatic N) is 4. The van der Waals surface area contributed by atoms with E-state index in [2.05, 4.69) is 16.9 Å². The number of hydrogen-bond acceptors (Lipinski definition) is 5. The zero-order chi connectivity index (χ0) is 21.2.